The number of hydrogen-bond donors (Lipinski definition) is 1. The number of benzene rings is 1. The first-order valence-corrected chi connectivity index (χ1v) is 7.48. The van der Waals surface area contributed by atoms with E-state index in [0.29, 0.717) is 16.5 Å². The predicted octanol–water partition coefficient (Wildman–Crippen LogP) is 3.01. The number of fused-ring (bicyclic) bond motifs is 1. The topological polar surface area (TPSA) is 32.7 Å². The molecule has 3 atom stereocenters. The molecule has 20 heavy (non-hydrogen) atoms. The number of nitrogens with zero attached hydrogens (tertiary/aromatic N) is 1. The summed E-state index contributed by atoms with van der Waals surface area (Å²) < 4.78 is 19.3. The quantitative estimate of drug-likeness (QED) is 0.865. The monoisotopic (exact) mass is 299 g/mol. The molecule has 3 nitrogen and oxygen atoms in total. The Balaban J connectivity index is 1.98. The molecule has 0 spiro atoms. The maximum atomic E-state index is 14.0. The fourth-order valence-corrected chi connectivity index (χ4v) is 3.55. The Morgan fingerprint density at radius 1 is 1.45 bits per heavy atom. The molecule has 1 N–H and O–H groups in total. The Kier molecular flexibility index (Phi) is 3.89. The van der Waals surface area contributed by atoms with Gasteiger partial charge in [-0.2, -0.15) is 0 Å². The van der Waals surface area contributed by atoms with Gasteiger partial charge in [0.15, 0.2) is 11.6 Å². The van der Waals surface area contributed by atoms with Crippen molar-refractivity contribution in [1.29, 1.82) is 0 Å². The lowest BCUT2D eigenvalue weighted by molar-refractivity contribution is -0.0154. The molecule has 110 valence electrons. The Morgan fingerprint density at radius 3 is 3.00 bits per heavy atom. The summed E-state index contributed by atoms with van der Waals surface area (Å²) in [6.07, 6.45) is 1.65. The van der Waals surface area contributed by atoms with Crippen molar-refractivity contribution in [3.8, 4) is 5.75 Å². The highest BCUT2D eigenvalue weighted by Crippen LogP contribution is 2.41. The van der Waals surface area contributed by atoms with Gasteiger partial charge in [-0.05, 0) is 37.4 Å². The van der Waals surface area contributed by atoms with Crippen molar-refractivity contribution in [3.05, 3.63) is 28.5 Å². The van der Waals surface area contributed by atoms with Gasteiger partial charge in [0.25, 0.3) is 0 Å². The zero-order valence-electron chi connectivity index (χ0n) is 11.5. The first kappa shape index (κ1) is 14.1. The minimum Gasteiger partial charge on any atom is -0.487 e. The zero-order chi connectivity index (χ0) is 14.3. The SMILES string of the molecule is CC1CCCN(C2c3cc(Cl)cc(F)c3OCC2O)C1. The van der Waals surface area contributed by atoms with Gasteiger partial charge in [0.1, 0.15) is 12.7 Å². The standard InChI is InChI=1S/C15H19ClFNO2/c1-9-3-2-4-18(7-9)14-11-5-10(16)6-12(17)15(11)20-8-13(14)19/h5-6,9,13-14,19H,2-4,7-8H2,1H3. The number of ether oxygens (including phenoxy) is 1. The Morgan fingerprint density at radius 2 is 2.25 bits per heavy atom. The van der Waals surface area contributed by atoms with Crippen LogP contribution in [-0.4, -0.2) is 35.8 Å². The summed E-state index contributed by atoms with van der Waals surface area (Å²) in [7, 11) is 0. The van der Waals surface area contributed by atoms with E-state index in [9.17, 15) is 9.50 Å². The van der Waals surface area contributed by atoms with E-state index in [0.717, 1.165) is 19.5 Å². The van der Waals surface area contributed by atoms with Crippen LogP contribution in [0, 0.1) is 11.7 Å². The molecule has 2 aliphatic heterocycles. The normalized spacial score (nSPS) is 30.7. The second-order valence-electron chi connectivity index (χ2n) is 5.87. The number of hydrogen-bond acceptors (Lipinski definition) is 3. The van der Waals surface area contributed by atoms with E-state index in [1.807, 2.05) is 0 Å². The van der Waals surface area contributed by atoms with Crippen molar-refractivity contribution in [2.45, 2.75) is 31.9 Å². The van der Waals surface area contributed by atoms with E-state index in [-0.39, 0.29) is 18.4 Å². The summed E-state index contributed by atoms with van der Waals surface area (Å²) in [6, 6.07) is 2.75. The van der Waals surface area contributed by atoms with Gasteiger partial charge >= 0.3 is 0 Å². The van der Waals surface area contributed by atoms with E-state index in [2.05, 4.69) is 11.8 Å². The molecule has 0 bridgehead atoms. The van der Waals surface area contributed by atoms with Crippen LogP contribution in [0.2, 0.25) is 5.02 Å². The lowest BCUT2D eigenvalue weighted by Gasteiger charge is -2.42. The van der Waals surface area contributed by atoms with Gasteiger partial charge in [-0.3, -0.25) is 4.90 Å². The average Bonchev–Trinajstić information content (AvgIpc) is 2.37. The molecule has 0 saturated carbocycles. The lowest BCUT2D eigenvalue weighted by Crippen LogP contribution is -2.46. The van der Waals surface area contributed by atoms with Crippen LogP contribution < -0.4 is 4.74 Å². The summed E-state index contributed by atoms with van der Waals surface area (Å²) in [5.74, 6) is 0.378. The third-order valence-electron chi connectivity index (χ3n) is 4.20. The van der Waals surface area contributed by atoms with E-state index in [4.69, 9.17) is 16.3 Å². The molecule has 0 aliphatic carbocycles. The molecule has 2 heterocycles. The van der Waals surface area contributed by atoms with E-state index in [1.165, 1.54) is 12.5 Å². The van der Waals surface area contributed by atoms with Crippen LogP contribution in [-0.2, 0) is 0 Å². The summed E-state index contributed by atoms with van der Waals surface area (Å²) in [4.78, 5) is 2.23. The van der Waals surface area contributed by atoms with Gasteiger partial charge in [0, 0.05) is 17.1 Å². The van der Waals surface area contributed by atoms with Crippen LogP contribution in [0.4, 0.5) is 4.39 Å². The number of aliphatic hydroxyl groups excluding tert-OH is 1. The smallest absolute Gasteiger partial charge is 0.166 e. The second kappa shape index (κ2) is 5.51. The van der Waals surface area contributed by atoms with Gasteiger partial charge in [0.2, 0.25) is 0 Å². The fraction of sp³-hybridized carbons (Fsp3) is 0.600. The molecule has 2 aliphatic rings. The molecule has 5 heteroatoms. The largest absolute Gasteiger partial charge is 0.487 e. The minimum atomic E-state index is -0.648. The molecule has 1 fully saturated rings. The number of likely N-dealkylation sites (tertiary alicyclic amines) is 1. The van der Waals surface area contributed by atoms with Crippen LogP contribution in [0.3, 0.4) is 0 Å². The Hall–Kier alpha value is -0.840. The van der Waals surface area contributed by atoms with Crippen molar-refractivity contribution in [3.63, 3.8) is 0 Å². The van der Waals surface area contributed by atoms with Gasteiger partial charge in [0.05, 0.1) is 6.04 Å². The third-order valence-corrected chi connectivity index (χ3v) is 4.42. The zero-order valence-corrected chi connectivity index (χ0v) is 12.2. The maximum absolute atomic E-state index is 14.0. The predicted molar refractivity (Wildman–Crippen MR) is 75.6 cm³/mol. The Labute approximate surface area is 123 Å². The van der Waals surface area contributed by atoms with Gasteiger partial charge < -0.3 is 9.84 Å². The molecule has 0 amide bonds. The van der Waals surface area contributed by atoms with Crippen molar-refractivity contribution in [1.82, 2.24) is 4.90 Å². The van der Waals surface area contributed by atoms with Crippen LogP contribution in [0.1, 0.15) is 31.4 Å². The second-order valence-corrected chi connectivity index (χ2v) is 6.31. The summed E-state index contributed by atoms with van der Waals surface area (Å²) in [5, 5.41) is 10.6. The van der Waals surface area contributed by atoms with E-state index in [1.54, 1.807) is 6.07 Å². The van der Waals surface area contributed by atoms with Crippen LogP contribution in [0.15, 0.2) is 12.1 Å². The van der Waals surface area contributed by atoms with E-state index >= 15 is 0 Å². The highest BCUT2D eigenvalue weighted by Gasteiger charge is 2.37. The maximum Gasteiger partial charge on any atom is 0.166 e. The summed E-state index contributed by atoms with van der Waals surface area (Å²) >= 11 is 5.97. The highest BCUT2D eigenvalue weighted by atomic mass is 35.5. The van der Waals surface area contributed by atoms with Crippen LogP contribution in [0.5, 0.6) is 5.75 Å². The minimum absolute atomic E-state index is 0.126. The number of halogens is 2. The molecule has 1 saturated heterocycles. The van der Waals surface area contributed by atoms with Gasteiger partial charge in [-0.1, -0.05) is 18.5 Å². The number of piperidine rings is 1. The molecule has 1 aromatic carbocycles. The lowest BCUT2D eigenvalue weighted by atomic mass is 9.92. The van der Waals surface area contributed by atoms with Gasteiger partial charge in [-0.25, -0.2) is 4.39 Å². The van der Waals surface area contributed by atoms with Crippen molar-refractivity contribution < 1.29 is 14.2 Å². The van der Waals surface area contributed by atoms with Crippen molar-refractivity contribution in [2.24, 2.45) is 5.92 Å². The van der Waals surface area contributed by atoms with Crippen molar-refractivity contribution >= 4 is 11.6 Å². The Bertz CT molecular complexity index is 511. The molecule has 0 aromatic heterocycles. The molecule has 3 unspecified atom stereocenters. The molecule has 0 radical (unpaired) electrons. The van der Waals surface area contributed by atoms with Gasteiger partial charge in [-0.15, -0.1) is 0 Å². The van der Waals surface area contributed by atoms with Crippen molar-refractivity contribution in [2.75, 3.05) is 19.7 Å². The van der Waals surface area contributed by atoms with E-state index < -0.39 is 11.9 Å². The summed E-state index contributed by atoms with van der Waals surface area (Å²) in [6.45, 7) is 4.16. The molecule has 1 aromatic rings. The number of aliphatic hydroxyl groups is 1. The third kappa shape index (κ3) is 2.52. The molecular weight excluding hydrogens is 281 g/mol. The highest BCUT2D eigenvalue weighted by molar-refractivity contribution is 6.30. The van der Waals surface area contributed by atoms with Crippen LogP contribution >= 0.6 is 11.6 Å². The summed E-state index contributed by atoms with van der Waals surface area (Å²) in [5.41, 5.74) is 0.669. The first-order valence-electron chi connectivity index (χ1n) is 7.10. The fourth-order valence-electron chi connectivity index (χ4n) is 3.34. The van der Waals surface area contributed by atoms with Crippen LogP contribution in [0.25, 0.3) is 0 Å². The molecular formula is C15H19ClFNO2. The first-order chi connectivity index (χ1) is 9.56. The number of rotatable bonds is 1. The average molecular weight is 300 g/mol. The molecule has 3 rings (SSSR count).